The van der Waals surface area contributed by atoms with Gasteiger partial charge < -0.3 is 10.1 Å². The van der Waals surface area contributed by atoms with Gasteiger partial charge in [-0.2, -0.15) is 4.31 Å². The molecule has 0 radical (unpaired) electrons. The molecule has 0 bridgehead atoms. The van der Waals surface area contributed by atoms with E-state index < -0.39 is 10.0 Å². The van der Waals surface area contributed by atoms with E-state index in [1.165, 1.54) is 10.4 Å². The molecule has 1 saturated heterocycles. The highest BCUT2D eigenvalue weighted by molar-refractivity contribution is 7.89. The molecule has 0 aliphatic carbocycles. The molecular weight excluding hydrogens is 424 g/mol. The quantitative estimate of drug-likeness (QED) is 0.597. The number of rotatable bonds is 8. The van der Waals surface area contributed by atoms with Crippen LogP contribution in [-0.2, 0) is 10.0 Å². The van der Waals surface area contributed by atoms with E-state index >= 15 is 0 Å². The minimum Gasteiger partial charge on any atom is -0.491 e. The highest BCUT2D eigenvalue weighted by Gasteiger charge is 2.28. The summed E-state index contributed by atoms with van der Waals surface area (Å²) in [5, 5.41) is 2.85. The average Bonchev–Trinajstić information content (AvgIpc) is 2.77. The van der Waals surface area contributed by atoms with Gasteiger partial charge in [-0.15, -0.1) is 0 Å². The van der Waals surface area contributed by atoms with E-state index in [-0.39, 0.29) is 10.8 Å². The number of piperidine rings is 1. The number of ether oxygens (including phenoxy) is 1. The monoisotopic (exact) mass is 458 g/mol. The molecule has 0 aromatic heterocycles. The number of para-hydroxylation sites is 1. The molecule has 32 heavy (non-hydrogen) atoms. The number of aryl methyl sites for hydroxylation is 1. The fourth-order valence-corrected chi connectivity index (χ4v) is 5.39. The number of hydrogen-bond donors (Lipinski definition) is 1. The van der Waals surface area contributed by atoms with Crippen molar-refractivity contribution in [2.45, 2.75) is 51.3 Å². The summed E-state index contributed by atoms with van der Waals surface area (Å²) in [6.07, 6.45) is 1.72. The number of nitrogens with zero attached hydrogens (tertiary/aromatic N) is 1. The molecule has 1 heterocycles. The topological polar surface area (TPSA) is 75.7 Å². The number of nitrogens with one attached hydrogen (secondary N) is 1. The van der Waals surface area contributed by atoms with Crippen molar-refractivity contribution < 1.29 is 17.9 Å². The molecule has 2 aromatic carbocycles. The predicted molar refractivity (Wildman–Crippen MR) is 127 cm³/mol. The van der Waals surface area contributed by atoms with Gasteiger partial charge in [0.05, 0.1) is 11.4 Å². The van der Waals surface area contributed by atoms with Crippen LogP contribution in [-0.4, -0.2) is 44.9 Å². The van der Waals surface area contributed by atoms with Crippen LogP contribution in [0.1, 0.15) is 61.0 Å². The van der Waals surface area contributed by atoms with E-state index in [2.05, 4.69) is 26.1 Å². The third-order valence-corrected chi connectivity index (χ3v) is 7.91. The van der Waals surface area contributed by atoms with E-state index in [1.807, 2.05) is 31.2 Å². The minimum absolute atomic E-state index is 0.171. The third kappa shape index (κ3) is 5.70. The Bertz CT molecular complexity index is 1040. The summed E-state index contributed by atoms with van der Waals surface area (Å²) >= 11 is 0. The van der Waals surface area contributed by atoms with E-state index in [4.69, 9.17) is 4.74 Å². The molecule has 1 amide bonds. The Morgan fingerprint density at radius 2 is 1.84 bits per heavy atom. The molecule has 174 valence electrons. The van der Waals surface area contributed by atoms with Crippen LogP contribution in [0.4, 0.5) is 0 Å². The van der Waals surface area contributed by atoms with Gasteiger partial charge in [-0.05, 0) is 60.9 Å². The van der Waals surface area contributed by atoms with E-state index in [0.717, 1.165) is 29.7 Å². The summed E-state index contributed by atoms with van der Waals surface area (Å²) in [6, 6.07) is 12.7. The summed E-state index contributed by atoms with van der Waals surface area (Å²) in [6.45, 7) is 9.87. The summed E-state index contributed by atoms with van der Waals surface area (Å²) < 4.78 is 33.5. The van der Waals surface area contributed by atoms with Crippen molar-refractivity contribution in [2.75, 3.05) is 26.2 Å². The van der Waals surface area contributed by atoms with Gasteiger partial charge in [-0.3, -0.25) is 4.79 Å². The maximum Gasteiger partial charge on any atom is 0.251 e. The first-order chi connectivity index (χ1) is 15.2. The van der Waals surface area contributed by atoms with Crippen molar-refractivity contribution in [3.63, 3.8) is 0 Å². The molecule has 0 spiro atoms. The second-order valence-electron chi connectivity index (χ2n) is 8.86. The van der Waals surface area contributed by atoms with Crippen molar-refractivity contribution in [1.82, 2.24) is 9.62 Å². The van der Waals surface area contributed by atoms with Gasteiger partial charge in [-0.1, -0.05) is 45.0 Å². The summed E-state index contributed by atoms with van der Waals surface area (Å²) in [5.74, 6) is 1.40. The molecule has 3 rings (SSSR count). The van der Waals surface area contributed by atoms with Crippen molar-refractivity contribution in [1.29, 1.82) is 0 Å². The lowest BCUT2D eigenvalue weighted by Gasteiger charge is -2.29. The first kappa shape index (κ1) is 24.3. The zero-order chi connectivity index (χ0) is 23.3. The van der Waals surface area contributed by atoms with Crippen molar-refractivity contribution in [3.8, 4) is 5.75 Å². The Hall–Kier alpha value is -2.38. The number of carbonyl (C=O) groups is 1. The predicted octanol–water partition coefficient (Wildman–Crippen LogP) is 4.35. The molecule has 0 atom stereocenters. The van der Waals surface area contributed by atoms with Crippen LogP contribution >= 0.6 is 0 Å². The van der Waals surface area contributed by atoms with E-state index in [0.29, 0.717) is 43.6 Å². The standard InChI is InChI=1S/C25H34N2O4S/c1-18(2)22-7-5-6-8-24(22)31-16-13-26-25(28)23-17-21(10-9-20(23)4)32(29,30)27-14-11-19(3)12-15-27/h5-10,17-19H,11-16H2,1-4H3,(H,26,28). The SMILES string of the molecule is Cc1ccc(S(=O)(=O)N2CCC(C)CC2)cc1C(=O)NCCOc1ccccc1C(C)C. The normalized spacial score (nSPS) is 15.7. The van der Waals surface area contributed by atoms with Crippen LogP contribution in [0.5, 0.6) is 5.75 Å². The highest BCUT2D eigenvalue weighted by Crippen LogP contribution is 2.26. The van der Waals surface area contributed by atoms with Crippen molar-refractivity contribution >= 4 is 15.9 Å². The van der Waals surface area contributed by atoms with Gasteiger partial charge in [-0.25, -0.2) is 8.42 Å². The lowest BCUT2D eigenvalue weighted by molar-refractivity contribution is 0.0946. The molecule has 1 aliphatic heterocycles. The lowest BCUT2D eigenvalue weighted by atomic mass is 10.0. The fraction of sp³-hybridized carbons (Fsp3) is 0.480. The zero-order valence-electron chi connectivity index (χ0n) is 19.4. The molecule has 0 saturated carbocycles. The van der Waals surface area contributed by atoms with E-state index in [9.17, 15) is 13.2 Å². The summed E-state index contributed by atoms with van der Waals surface area (Å²) in [4.78, 5) is 12.9. The van der Waals surface area contributed by atoms with Crippen LogP contribution < -0.4 is 10.1 Å². The fourth-order valence-electron chi connectivity index (χ4n) is 3.89. The first-order valence-corrected chi connectivity index (χ1v) is 12.7. The molecular formula is C25H34N2O4S. The second-order valence-corrected chi connectivity index (χ2v) is 10.8. The molecule has 1 N–H and O–H groups in total. The Balaban J connectivity index is 1.63. The van der Waals surface area contributed by atoms with Crippen LogP contribution in [0.3, 0.4) is 0 Å². The minimum atomic E-state index is -3.60. The largest absolute Gasteiger partial charge is 0.491 e. The maximum atomic E-state index is 13.1. The van der Waals surface area contributed by atoms with Crippen LogP contribution in [0.2, 0.25) is 0 Å². The van der Waals surface area contributed by atoms with Gasteiger partial charge in [0.1, 0.15) is 12.4 Å². The Labute approximate surface area is 192 Å². The van der Waals surface area contributed by atoms with Crippen molar-refractivity contribution in [2.24, 2.45) is 5.92 Å². The average molecular weight is 459 g/mol. The van der Waals surface area contributed by atoms with Gasteiger partial charge >= 0.3 is 0 Å². The highest BCUT2D eigenvalue weighted by atomic mass is 32.2. The van der Waals surface area contributed by atoms with Gasteiger partial charge in [0.25, 0.3) is 5.91 Å². The van der Waals surface area contributed by atoms with Crippen LogP contribution in [0, 0.1) is 12.8 Å². The van der Waals surface area contributed by atoms with Crippen molar-refractivity contribution in [3.05, 3.63) is 59.2 Å². The Morgan fingerprint density at radius 1 is 1.16 bits per heavy atom. The van der Waals surface area contributed by atoms with E-state index in [1.54, 1.807) is 12.1 Å². The molecule has 2 aromatic rings. The molecule has 6 nitrogen and oxygen atoms in total. The molecule has 1 fully saturated rings. The Morgan fingerprint density at radius 3 is 2.53 bits per heavy atom. The number of sulfonamides is 1. The smallest absolute Gasteiger partial charge is 0.251 e. The number of carbonyl (C=O) groups excluding carboxylic acids is 1. The number of amides is 1. The zero-order valence-corrected chi connectivity index (χ0v) is 20.2. The summed E-state index contributed by atoms with van der Waals surface area (Å²) in [7, 11) is -3.60. The van der Waals surface area contributed by atoms with Gasteiger partial charge in [0, 0.05) is 18.7 Å². The lowest BCUT2D eigenvalue weighted by Crippen LogP contribution is -2.38. The number of benzene rings is 2. The van der Waals surface area contributed by atoms with Crippen LogP contribution in [0.25, 0.3) is 0 Å². The molecule has 7 heteroatoms. The van der Waals surface area contributed by atoms with Gasteiger partial charge in [0.2, 0.25) is 10.0 Å². The maximum absolute atomic E-state index is 13.1. The summed E-state index contributed by atoms with van der Waals surface area (Å²) in [5.41, 5.74) is 2.23. The van der Waals surface area contributed by atoms with Crippen LogP contribution in [0.15, 0.2) is 47.4 Å². The Kier molecular flexibility index (Phi) is 7.96. The first-order valence-electron chi connectivity index (χ1n) is 11.3. The molecule has 1 aliphatic rings. The molecule has 0 unspecified atom stereocenters. The van der Waals surface area contributed by atoms with Gasteiger partial charge in [0.15, 0.2) is 0 Å². The number of hydrogen-bond acceptors (Lipinski definition) is 4. The third-order valence-electron chi connectivity index (χ3n) is 6.02. The second kappa shape index (κ2) is 10.5.